The Kier molecular flexibility index (Phi) is 3.06. The van der Waals surface area contributed by atoms with Gasteiger partial charge in [0.2, 0.25) is 10.0 Å². The summed E-state index contributed by atoms with van der Waals surface area (Å²) in [5, 5.41) is 3.21. The van der Waals surface area contributed by atoms with Gasteiger partial charge in [0.15, 0.2) is 0 Å². The second-order valence-electron chi connectivity index (χ2n) is 6.46. The first-order valence-electron chi connectivity index (χ1n) is 8.35. The van der Waals surface area contributed by atoms with Crippen LogP contribution in [0.4, 0.5) is 0 Å². The summed E-state index contributed by atoms with van der Waals surface area (Å²) in [5.74, 6) is 0. The molecule has 2 heterocycles. The standard InChI is InChI=1S/C21H16N2O2S/c1-26(24,25)22-14-21(17-10-4-5-11-18(17)22)23-19-12-6-2-8-15(19)16-9-3-7-13-20(16)23/h2-14H,1H3. The summed E-state index contributed by atoms with van der Waals surface area (Å²) >= 11 is 0. The van der Waals surface area contributed by atoms with E-state index in [2.05, 4.69) is 28.8 Å². The third-order valence-electron chi connectivity index (χ3n) is 4.84. The molecular weight excluding hydrogens is 344 g/mol. The molecule has 0 spiro atoms. The van der Waals surface area contributed by atoms with Gasteiger partial charge >= 0.3 is 0 Å². The third-order valence-corrected chi connectivity index (χ3v) is 5.85. The van der Waals surface area contributed by atoms with Gasteiger partial charge in [0.25, 0.3) is 0 Å². The van der Waals surface area contributed by atoms with E-state index in [4.69, 9.17) is 0 Å². The van der Waals surface area contributed by atoms with E-state index >= 15 is 0 Å². The van der Waals surface area contributed by atoms with Gasteiger partial charge in [-0.25, -0.2) is 12.4 Å². The number of rotatable bonds is 2. The molecule has 0 saturated heterocycles. The van der Waals surface area contributed by atoms with Crippen LogP contribution in [0.2, 0.25) is 0 Å². The predicted octanol–water partition coefficient (Wildman–Crippen LogP) is 4.55. The summed E-state index contributed by atoms with van der Waals surface area (Å²) in [7, 11) is -3.40. The van der Waals surface area contributed by atoms with Gasteiger partial charge in [-0.3, -0.25) is 0 Å². The molecule has 3 aromatic carbocycles. The second kappa shape index (κ2) is 5.22. The monoisotopic (exact) mass is 360 g/mol. The fourth-order valence-corrected chi connectivity index (χ4v) is 4.58. The number of nitrogens with zero attached hydrogens (tertiary/aromatic N) is 2. The number of hydrogen-bond acceptors (Lipinski definition) is 2. The minimum absolute atomic E-state index is 0.687. The van der Waals surface area contributed by atoms with Crippen molar-refractivity contribution < 1.29 is 8.42 Å². The topological polar surface area (TPSA) is 44.0 Å². The molecule has 0 saturated carbocycles. The Bertz CT molecular complexity index is 1360. The van der Waals surface area contributed by atoms with Gasteiger partial charge in [-0.15, -0.1) is 0 Å². The highest BCUT2D eigenvalue weighted by molar-refractivity contribution is 7.89. The van der Waals surface area contributed by atoms with Crippen molar-refractivity contribution in [3.05, 3.63) is 79.0 Å². The van der Waals surface area contributed by atoms with Crippen LogP contribution in [0.5, 0.6) is 0 Å². The van der Waals surface area contributed by atoms with E-state index in [0.717, 1.165) is 32.9 Å². The molecule has 5 heteroatoms. The van der Waals surface area contributed by atoms with E-state index in [-0.39, 0.29) is 0 Å². The summed E-state index contributed by atoms with van der Waals surface area (Å²) in [4.78, 5) is 0. The molecule has 5 rings (SSSR count). The highest BCUT2D eigenvalue weighted by Crippen LogP contribution is 2.35. The van der Waals surface area contributed by atoms with Crippen LogP contribution in [0.1, 0.15) is 0 Å². The maximum atomic E-state index is 12.3. The van der Waals surface area contributed by atoms with Crippen LogP contribution in [-0.4, -0.2) is 23.2 Å². The van der Waals surface area contributed by atoms with Crippen LogP contribution in [0.25, 0.3) is 38.4 Å². The van der Waals surface area contributed by atoms with E-state index in [0.29, 0.717) is 5.52 Å². The largest absolute Gasteiger partial charge is 0.307 e. The zero-order valence-electron chi connectivity index (χ0n) is 14.1. The normalized spacial score (nSPS) is 12.3. The van der Waals surface area contributed by atoms with Crippen molar-refractivity contribution in [2.75, 3.05) is 6.26 Å². The maximum Gasteiger partial charge on any atom is 0.236 e. The Morgan fingerprint density at radius 3 is 1.65 bits per heavy atom. The molecule has 0 radical (unpaired) electrons. The molecule has 0 atom stereocenters. The first kappa shape index (κ1) is 15.2. The Balaban J connectivity index is 2.01. The van der Waals surface area contributed by atoms with Crippen LogP contribution in [-0.2, 0) is 10.0 Å². The molecule has 0 fully saturated rings. The van der Waals surface area contributed by atoms with Crippen LogP contribution in [0, 0.1) is 0 Å². The minimum Gasteiger partial charge on any atom is -0.307 e. The fourth-order valence-electron chi connectivity index (χ4n) is 3.77. The van der Waals surface area contributed by atoms with Crippen molar-refractivity contribution >= 4 is 42.7 Å². The molecule has 0 amide bonds. The molecule has 5 aromatic rings. The van der Waals surface area contributed by atoms with Gasteiger partial charge in [0.1, 0.15) is 0 Å². The first-order valence-corrected chi connectivity index (χ1v) is 10.2. The van der Waals surface area contributed by atoms with Gasteiger partial charge in [0.05, 0.1) is 28.5 Å². The lowest BCUT2D eigenvalue weighted by molar-refractivity contribution is 0.595. The molecule has 0 unspecified atom stereocenters. The Labute approximate surface area is 150 Å². The zero-order chi connectivity index (χ0) is 17.9. The van der Waals surface area contributed by atoms with Crippen molar-refractivity contribution in [3.63, 3.8) is 0 Å². The van der Waals surface area contributed by atoms with Crippen molar-refractivity contribution in [1.29, 1.82) is 0 Å². The van der Waals surface area contributed by atoms with Crippen molar-refractivity contribution in [3.8, 4) is 5.69 Å². The van der Waals surface area contributed by atoms with Gasteiger partial charge in [-0.2, -0.15) is 0 Å². The summed E-state index contributed by atoms with van der Waals surface area (Å²) in [6.07, 6.45) is 2.95. The first-order chi connectivity index (χ1) is 12.6. The number of benzene rings is 3. The number of para-hydroxylation sites is 3. The van der Waals surface area contributed by atoms with Crippen LogP contribution >= 0.6 is 0 Å². The average molecular weight is 360 g/mol. The summed E-state index contributed by atoms with van der Waals surface area (Å²) in [6.45, 7) is 0. The third kappa shape index (κ3) is 2.04. The van der Waals surface area contributed by atoms with Crippen LogP contribution in [0.3, 0.4) is 0 Å². The molecule has 0 aliphatic rings. The van der Waals surface area contributed by atoms with Gasteiger partial charge in [-0.05, 0) is 18.2 Å². The fraction of sp³-hybridized carbons (Fsp3) is 0.0476. The van der Waals surface area contributed by atoms with E-state index in [9.17, 15) is 8.42 Å². The zero-order valence-corrected chi connectivity index (χ0v) is 14.9. The number of fused-ring (bicyclic) bond motifs is 4. The number of aromatic nitrogens is 2. The van der Waals surface area contributed by atoms with Gasteiger partial charge < -0.3 is 4.57 Å². The molecule has 128 valence electrons. The molecule has 26 heavy (non-hydrogen) atoms. The Morgan fingerprint density at radius 2 is 1.12 bits per heavy atom. The molecule has 0 N–H and O–H groups in total. The van der Waals surface area contributed by atoms with Gasteiger partial charge in [0, 0.05) is 22.4 Å². The molecule has 2 aromatic heterocycles. The molecule has 0 bridgehead atoms. The summed E-state index contributed by atoms with van der Waals surface area (Å²) in [5.41, 5.74) is 3.67. The van der Waals surface area contributed by atoms with Gasteiger partial charge in [-0.1, -0.05) is 54.6 Å². The lowest BCUT2D eigenvalue weighted by Crippen LogP contribution is -2.08. The SMILES string of the molecule is CS(=O)(=O)n1cc(-n2c3ccccc3c3ccccc32)c2ccccc21. The quantitative estimate of drug-likeness (QED) is 0.464. The van der Waals surface area contributed by atoms with E-state index in [1.807, 2.05) is 48.5 Å². The lowest BCUT2D eigenvalue weighted by atomic mass is 10.2. The van der Waals surface area contributed by atoms with E-state index < -0.39 is 10.0 Å². The molecule has 0 aliphatic carbocycles. The van der Waals surface area contributed by atoms with Crippen LogP contribution < -0.4 is 0 Å². The predicted molar refractivity (Wildman–Crippen MR) is 107 cm³/mol. The maximum absolute atomic E-state index is 12.3. The summed E-state index contributed by atoms with van der Waals surface area (Å²) in [6, 6.07) is 24.0. The number of hydrogen-bond donors (Lipinski definition) is 0. The Hall–Kier alpha value is -3.05. The van der Waals surface area contributed by atoms with E-state index in [1.165, 1.54) is 10.2 Å². The van der Waals surface area contributed by atoms with Crippen molar-refractivity contribution in [2.24, 2.45) is 0 Å². The smallest absolute Gasteiger partial charge is 0.236 e. The molecular formula is C21H16N2O2S. The van der Waals surface area contributed by atoms with Crippen LogP contribution in [0.15, 0.2) is 79.0 Å². The molecule has 0 aliphatic heterocycles. The lowest BCUT2D eigenvalue weighted by Gasteiger charge is -2.06. The molecule has 4 nitrogen and oxygen atoms in total. The Morgan fingerprint density at radius 1 is 0.654 bits per heavy atom. The van der Waals surface area contributed by atoms with E-state index in [1.54, 1.807) is 6.20 Å². The highest BCUT2D eigenvalue weighted by Gasteiger charge is 2.19. The van der Waals surface area contributed by atoms with Crippen molar-refractivity contribution in [2.45, 2.75) is 0 Å². The van der Waals surface area contributed by atoms with Crippen molar-refractivity contribution in [1.82, 2.24) is 8.54 Å². The summed E-state index contributed by atoms with van der Waals surface area (Å²) < 4.78 is 28.1. The minimum atomic E-state index is -3.40. The highest BCUT2D eigenvalue weighted by atomic mass is 32.2. The second-order valence-corrected chi connectivity index (χ2v) is 8.32. The average Bonchev–Trinajstić information content (AvgIpc) is 3.17.